The van der Waals surface area contributed by atoms with Gasteiger partial charge < -0.3 is 28.5 Å². The van der Waals surface area contributed by atoms with E-state index in [0.29, 0.717) is 17.4 Å². The van der Waals surface area contributed by atoms with Gasteiger partial charge in [-0.1, -0.05) is 262 Å². The molecule has 0 saturated heterocycles. The summed E-state index contributed by atoms with van der Waals surface area (Å²) in [4.78, 5) is 37.6. The van der Waals surface area contributed by atoms with E-state index in [-0.39, 0.29) is 38.6 Å². The van der Waals surface area contributed by atoms with Crippen molar-refractivity contribution in [2.75, 3.05) is 47.5 Å². The Bertz CT molecular complexity index is 1870. The Kier molecular flexibility index (Phi) is 59.5. The molecule has 9 nitrogen and oxygen atoms in total. The van der Waals surface area contributed by atoms with Gasteiger partial charge in [0.15, 0.2) is 6.10 Å². The summed E-state index contributed by atoms with van der Waals surface area (Å²) >= 11 is 0. The lowest BCUT2D eigenvalue weighted by Crippen LogP contribution is -2.40. The first kappa shape index (κ1) is 78.2. The second-order valence-corrected chi connectivity index (χ2v) is 22.7. The summed E-state index contributed by atoms with van der Waals surface area (Å²) in [6, 6.07) is 0. The highest BCUT2D eigenvalue weighted by molar-refractivity contribution is 5.71. The molecular formula is C74H122NO8+. The maximum absolute atomic E-state index is 12.9. The molecule has 0 heterocycles. The second-order valence-electron chi connectivity index (χ2n) is 22.7. The molecule has 0 fully saturated rings. The minimum Gasteiger partial charge on any atom is -0.477 e. The lowest BCUT2D eigenvalue weighted by atomic mass is 10.0. The molecule has 0 rings (SSSR count). The number of carbonyl (C=O) groups excluding carboxylic acids is 2. The number of hydrogen-bond donors (Lipinski definition) is 1. The van der Waals surface area contributed by atoms with Crippen LogP contribution in [0.3, 0.4) is 0 Å². The highest BCUT2D eigenvalue weighted by Gasteiger charge is 2.25. The molecule has 0 radical (unpaired) electrons. The van der Waals surface area contributed by atoms with Gasteiger partial charge in [0.05, 0.1) is 34.4 Å². The number of quaternary nitrogens is 1. The molecule has 0 aromatic heterocycles. The van der Waals surface area contributed by atoms with Crippen LogP contribution in [0.1, 0.15) is 245 Å². The van der Waals surface area contributed by atoms with Crippen LogP contribution in [0, 0.1) is 0 Å². The van der Waals surface area contributed by atoms with Crippen LogP contribution in [0.4, 0.5) is 0 Å². The first-order chi connectivity index (χ1) is 40.6. The van der Waals surface area contributed by atoms with Crippen molar-refractivity contribution in [3.63, 3.8) is 0 Å². The number of carboxylic acid groups (broad SMARTS) is 1. The monoisotopic (exact) mass is 1150 g/mol. The first-order valence-electron chi connectivity index (χ1n) is 33.0. The largest absolute Gasteiger partial charge is 0.477 e. The van der Waals surface area contributed by atoms with E-state index in [1.54, 1.807) is 0 Å². The number of unbranched alkanes of at least 4 members (excludes halogenated alkanes) is 20. The minimum absolute atomic E-state index is 0.178. The second kappa shape index (κ2) is 63.2. The Balaban J connectivity index is 4.22. The smallest absolute Gasteiger partial charge is 0.361 e. The molecule has 0 aliphatic carbocycles. The summed E-state index contributed by atoms with van der Waals surface area (Å²) in [6.45, 7) is 4.63. The predicted molar refractivity (Wildman–Crippen MR) is 354 cm³/mol. The standard InChI is InChI=1S/C74H121NO8/c1-6-8-10-12-14-16-18-20-22-24-26-28-30-32-34-35-36-37-39-41-43-45-47-49-51-53-55-57-59-61-63-65-72(77)83-70(69-82-74(73(78)79)80-67-66-75(3,4)5)68-81-71(76)64-62-60-58-56-54-52-50-48-46-44-42-40-38-33-31-29-27-25-23-21-19-17-15-13-11-9-7-2/h8-11,14-17,20-23,26-29,32-34,36-38,42,44,70,74H,6-7,12-13,18-19,24-25,30-31,35,39-41,43,45-69H2,1-5H3/p+1/b10-8-,11-9-,16-14-,17-15-,22-20-,23-21-,28-26-,29-27-,34-32-,37-36-,38-33-,44-42-. The minimum atomic E-state index is -1.52. The van der Waals surface area contributed by atoms with E-state index < -0.39 is 24.3 Å². The van der Waals surface area contributed by atoms with Gasteiger partial charge in [-0.05, 0) is 116 Å². The van der Waals surface area contributed by atoms with Crippen LogP contribution in [-0.2, 0) is 33.3 Å². The Labute approximate surface area is 509 Å². The first-order valence-corrected chi connectivity index (χ1v) is 33.0. The van der Waals surface area contributed by atoms with E-state index in [9.17, 15) is 19.5 Å². The topological polar surface area (TPSA) is 108 Å². The van der Waals surface area contributed by atoms with E-state index >= 15 is 0 Å². The van der Waals surface area contributed by atoms with Crippen LogP contribution in [-0.4, -0.2) is 87.4 Å². The summed E-state index contributed by atoms with van der Waals surface area (Å²) in [5.74, 6) is -2.03. The molecule has 0 aliphatic rings. The van der Waals surface area contributed by atoms with Gasteiger partial charge in [-0.25, -0.2) is 4.79 Å². The average molecular weight is 1150 g/mol. The van der Waals surface area contributed by atoms with Gasteiger partial charge in [0, 0.05) is 12.8 Å². The highest BCUT2D eigenvalue weighted by atomic mass is 16.7. The van der Waals surface area contributed by atoms with Crippen LogP contribution in [0.25, 0.3) is 0 Å². The molecule has 0 spiro atoms. The van der Waals surface area contributed by atoms with E-state index in [2.05, 4.69) is 160 Å². The maximum Gasteiger partial charge on any atom is 0.361 e. The van der Waals surface area contributed by atoms with Gasteiger partial charge in [-0.2, -0.15) is 0 Å². The number of carboxylic acids is 1. The van der Waals surface area contributed by atoms with Gasteiger partial charge in [0.25, 0.3) is 6.29 Å². The summed E-state index contributed by atoms with van der Waals surface area (Å²) in [7, 11) is 5.96. The summed E-state index contributed by atoms with van der Waals surface area (Å²) in [6.07, 6.45) is 89.3. The highest BCUT2D eigenvalue weighted by Crippen LogP contribution is 2.16. The number of rotatable bonds is 59. The van der Waals surface area contributed by atoms with Crippen LogP contribution in [0.15, 0.2) is 146 Å². The molecule has 0 amide bonds. The van der Waals surface area contributed by atoms with Crippen molar-refractivity contribution in [3.05, 3.63) is 146 Å². The number of ether oxygens (including phenoxy) is 4. The number of likely N-dealkylation sites (N-methyl/N-ethyl adjacent to an activating group) is 1. The van der Waals surface area contributed by atoms with Gasteiger partial charge in [-0.3, -0.25) is 9.59 Å². The average Bonchev–Trinajstić information content (AvgIpc) is 3.46. The van der Waals surface area contributed by atoms with Crippen molar-refractivity contribution in [3.8, 4) is 0 Å². The molecular weight excluding hydrogens is 1030 g/mol. The van der Waals surface area contributed by atoms with Crippen LogP contribution in [0.5, 0.6) is 0 Å². The molecule has 9 heteroatoms. The maximum atomic E-state index is 12.9. The third kappa shape index (κ3) is 64.6. The normalized spacial score (nSPS) is 13.7. The van der Waals surface area contributed by atoms with Crippen LogP contribution in [0.2, 0.25) is 0 Å². The number of nitrogens with zero attached hydrogens (tertiary/aromatic N) is 1. The predicted octanol–water partition coefficient (Wildman–Crippen LogP) is 20.3. The molecule has 0 aliphatic heterocycles. The summed E-state index contributed by atoms with van der Waals surface area (Å²) in [5, 5.41) is 9.74. The van der Waals surface area contributed by atoms with Gasteiger partial charge in [-0.15, -0.1) is 0 Å². The lowest BCUT2D eigenvalue weighted by molar-refractivity contribution is -0.870. The quantitative estimate of drug-likeness (QED) is 0.0211. The lowest BCUT2D eigenvalue weighted by Gasteiger charge is -2.25. The molecule has 1 N–H and O–H groups in total. The van der Waals surface area contributed by atoms with Crippen LogP contribution < -0.4 is 0 Å². The number of carbonyl (C=O) groups is 3. The van der Waals surface area contributed by atoms with E-state index in [4.69, 9.17) is 18.9 Å². The Morgan fingerprint density at radius 2 is 0.651 bits per heavy atom. The van der Waals surface area contributed by atoms with Gasteiger partial charge in [0.1, 0.15) is 13.2 Å². The molecule has 0 saturated carbocycles. The third-order valence-electron chi connectivity index (χ3n) is 13.6. The number of esters is 2. The molecule has 2 unspecified atom stereocenters. The fourth-order valence-corrected chi connectivity index (χ4v) is 8.61. The van der Waals surface area contributed by atoms with Crippen LogP contribution >= 0.6 is 0 Å². The van der Waals surface area contributed by atoms with Crippen molar-refractivity contribution in [1.82, 2.24) is 0 Å². The zero-order valence-electron chi connectivity index (χ0n) is 53.5. The Hall–Kier alpha value is -4.83. The van der Waals surface area contributed by atoms with E-state index in [1.165, 1.54) is 83.5 Å². The molecule has 2 atom stereocenters. The molecule has 83 heavy (non-hydrogen) atoms. The molecule has 0 bridgehead atoms. The van der Waals surface area contributed by atoms with Crippen molar-refractivity contribution in [1.29, 1.82) is 0 Å². The summed E-state index contributed by atoms with van der Waals surface area (Å²) < 4.78 is 22.9. The number of aliphatic carboxylic acids is 1. The fraction of sp³-hybridized carbons (Fsp3) is 0.635. The van der Waals surface area contributed by atoms with Gasteiger partial charge >= 0.3 is 17.9 Å². The number of allylic oxidation sites excluding steroid dienone is 24. The molecule has 0 aromatic carbocycles. The van der Waals surface area contributed by atoms with Crippen molar-refractivity contribution in [2.24, 2.45) is 0 Å². The Morgan fingerprint density at radius 1 is 0.361 bits per heavy atom. The molecule has 470 valence electrons. The number of hydrogen-bond acceptors (Lipinski definition) is 7. The van der Waals surface area contributed by atoms with E-state index in [1.807, 2.05) is 21.1 Å². The fourth-order valence-electron chi connectivity index (χ4n) is 8.61. The van der Waals surface area contributed by atoms with Crippen molar-refractivity contribution >= 4 is 17.9 Å². The zero-order chi connectivity index (χ0) is 60.5. The van der Waals surface area contributed by atoms with Crippen molar-refractivity contribution in [2.45, 2.75) is 257 Å². The molecule has 0 aromatic rings. The van der Waals surface area contributed by atoms with E-state index in [0.717, 1.165) is 128 Å². The third-order valence-corrected chi connectivity index (χ3v) is 13.6. The van der Waals surface area contributed by atoms with Gasteiger partial charge in [0.2, 0.25) is 0 Å². The zero-order valence-corrected chi connectivity index (χ0v) is 53.5. The SMILES string of the molecule is CC/C=C\C/C=C\C/C=C\C/C=C\C/C=C\C/C=C\CCCCCCCCCCCCCCC(=O)OC(COC(=O)CCCCCCCCCC/C=C\C/C=C\C/C=C\C/C=C\C/C=C\C/C=C\CC)COC(OCC[N+](C)(C)C)C(=O)O. The van der Waals surface area contributed by atoms with Crippen molar-refractivity contribution < 1.29 is 42.9 Å². The summed E-state index contributed by atoms with van der Waals surface area (Å²) in [5.41, 5.74) is 0. The Morgan fingerprint density at radius 3 is 0.964 bits per heavy atom.